The molecule has 0 amide bonds. The first-order valence-corrected chi connectivity index (χ1v) is 7.03. The van der Waals surface area contributed by atoms with Crippen LogP contribution in [0.4, 0.5) is 0 Å². The van der Waals surface area contributed by atoms with E-state index in [0.717, 1.165) is 6.92 Å². The smallest absolute Gasteiger partial charge is 0.338 e. The van der Waals surface area contributed by atoms with Gasteiger partial charge in [-0.05, 0) is 13.3 Å². The number of carbonyl (C=O) groups is 2. The quantitative estimate of drug-likeness (QED) is 0.183. The lowest BCUT2D eigenvalue weighted by atomic mass is 10.0. The number of hydrogen-bond donors (Lipinski definition) is 7. The van der Waals surface area contributed by atoms with E-state index in [-0.39, 0.29) is 12.8 Å². The summed E-state index contributed by atoms with van der Waals surface area (Å²) in [6.07, 6.45) is -11.5. The van der Waals surface area contributed by atoms with E-state index >= 15 is 0 Å². The number of rotatable bonds is 11. The average molecular weight is 340 g/mol. The van der Waals surface area contributed by atoms with Crippen LogP contribution in [0.15, 0.2) is 0 Å². The number of carbonyl (C=O) groups excluding carboxylic acids is 2. The molecule has 10 heteroatoms. The van der Waals surface area contributed by atoms with Crippen LogP contribution in [0.3, 0.4) is 0 Å². The van der Waals surface area contributed by atoms with Crippen molar-refractivity contribution in [1.82, 2.24) is 0 Å². The zero-order valence-corrected chi connectivity index (χ0v) is 12.6. The van der Waals surface area contributed by atoms with Gasteiger partial charge in [-0.15, -0.1) is 0 Å². The summed E-state index contributed by atoms with van der Waals surface area (Å²) in [5.74, 6) is -2.58. The lowest BCUT2D eigenvalue weighted by Gasteiger charge is -2.25. The maximum atomic E-state index is 11.8. The maximum Gasteiger partial charge on any atom is 0.338 e. The van der Waals surface area contributed by atoms with Crippen LogP contribution in [0.1, 0.15) is 19.8 Å². The molecule has 136 valence electrons. The Morgan fingerprint density at radius 3 is 1.91 bits per heavy atom. The Labute approximate surface area is 132 Å². The highest BCUT2D eigenvalue weighted by Crippen LogP contribution is 2.11. The van der Waals surface area contributed by atoms with E-state index in [1.165, 1.54) is 0 Å². The van der Waals surface area contributed by atoms with Crippen molar-refractivity contribution < 1.29 is 50.1 Å². The molecule has 0 aromatic carbocycles. The molecular weight excluding hydrogens is 316 g/mol. The molecule has 0 aliphatic rings. The van der Waals surface area contributed by atoms with Gasteiger partial charge in [0.05, 0.1) is 12.2 Å². The first kappa shape index (κ1) is 21.9. The van der Waals surface area contributed by atoms with Crippen molar-refractivity contribution in [2.75, 3.05) is 13.2 Å². The Hall–Kier alpha value is -1.14. The summed E-state index contributed by atoms with van der Waals surface area (Å²) in [7, 11) is 0. The van der Waals surface area contributed by atoms with E-state index < -0.39 is 61.6 Å². The van der Waals surface area contributed by atoms with E-state index in [0.29, 0.717) is 0 Å². The van der Waals surface area contributed by atoms with Gasteiger partial charge in [0.1, 0.15) is 12.2 Å². The molecule has 6 atom stereocenters. The molecule has 0 rings (SSSR count). The minimum atomic E-state index is -2.22. The highest BCUT2D eigenvalue weighted by molar-refractivity contribution is 5.90. The van der Waals surface area contributed by atoms with Crippen LogP contribution in [0.25, 0.3) is 0 Å². The molecule has 0 saturated heterocycles. The number of ketones is 1. The molecule has 6 unspecified atom stereocenters. The summed E-state index contributed by atoms with van der Waals surface area (Å²) >= 11 is 0. The fourth-order valence-corrected chi connectivity index (χ4v) is 1.70. The molecule has 0 heterocycles. The first-order valence-electron chi connectivity index (χ1n) is 7.03. The minimum absolute atomic E-state index is 0.306. The van der Waals surface area contributed by atoms with Gasteiger partial charge in [0.25, 0.3) is 0 Å². The zero-order valence-electron chi connectivity index (χ0n) is 12.6. The maximum absolute atomic E-state index is 11.8. The second-order valence-electron chi connectivity index (χ2n) is 5.04. The van der Waals surface area contributed by atoms with Crippen LogP contribution in [0, 0.1) is 0 Å². The van der Waals surface area contributed by atoms with Gasteiger partial charge in [0.2, 0.25) is 5.78 Å². The van der Waals surface area contributed by atoms with Gasteiger partial charge in [-0.2, -0.15) is 0 Å². The molecule has 0 aliphatic carbocycles. The van der Waals surface area contributed by atoms with Crippen molar-refractivity contribution >= 4 is 11.8 Å². The topological polar surface area (TPSA) is 185 Å². The second-order valence-corrected chi connectivity index (χ2v) is 5.04. The second kappa shape index (κ2) is 10.6. The summed E-state index contributed by atoms with van der Waals surface area (Å²) in [4.78, 5) is 23.5. The van der Waals surface area contributed by atoms with Gasteiger partial charge >= 0.3 is 5.97 Å². The summed E-state index contributed by atoms with van der Waals surface area (Å²) in [5, 5.41) is 64.7. The summed E-state index contributed by atoms with van der Waals surface area (Å²) in [6, 6.07) is 0. The standard InChI is InChI=1S/C13H24O10/c1-6(16)12(10(20)8(18)3-5-15)23-13(22)11(21)9(19)7(17)2-4-14/h6-9,11-12,14-19,21H,2-5H2,1H3. The monoisotopic (exact) mass is 340 g/mol. The van der Waals surface area contributed by atoms with Crippen molar-refractivity contribution in [3.63, 3.8) is 0 Å². The first-order chi connectivity index (χ1) is 10.7. The van der Waals surface area contributed by atoms with Crippen LogP contribution in [0.5, 0.6) is 0 Å². The van der Waals surface area contributed by atoms with Gasteiger partial charge in [0.15, 0.2) is 12.2 Å². The molecule has 0 aromatic heterocycles. The van der Waals surface area contributed by atoms with Crippen molar-refractivity contribution in [3.8, 4) is 0 Å². The lowest BCUT2D eigenvalue weighted by Crippen LogP contribution is -2.48. The number of esters is 1. The fourth-order valence-electron chi connectivity index (χ4n) is 1.70. The van der Waals surface area contributed by atoms with E-state index in [9.17, 15) is 35.1 Å². The van der Waals surface area contributed by atoms with Crippen molar-refractivity contribution in [2.24, 2.45) is 0 Å². The van der Waals surface area contributed by atoms with Gasteiger partial charge in [-0.1, -0.05) is 0 Å². The number of hydrogen-bond acceptors (Lipinski definition) is 10. The van der Waals surface area contributed by atoms with Gasteiger partial charge in [-0.25, -0.2) is 4.79 Å². The van der Waals surface area contributed by atoms with Crippen LogP contribution < -0.4 is 0 Å². The van der Waals surface area contributed by atoms with Crippen molar-refractivity contribution in [3.05, 3.63) is 0 Å². The normalized spacial score (nSPS) is 19.3. The predicted octanol–water partition coefficient (Wildman–Crippen LogP) is -3.94. The third kappa shape index (κ3) is 6.87. The van der Waals surface area contributed by atoms with E-state index in [4.69, 9.17) is 10.2 Å². The predicted molar refractivity (Wildman–Crippen MR) is 74.0 cm³/mol. The molecule has 0 fully saturated rings. The molecule has 0 aromatic rings. The average Bonchev–Trinajstić information content (AvgIpc) is 2.50. The molecule has 0 bridgehead atoms. The molecule has 0 radical (unpaired) electrons. The Morgan fingerprint density at radius 1 is 0.957 bits per heavy atom. The van der Waals surface area contributed by atoms with Crippen LogP contribution >= 0.6 is 0 Å². The molecular formula is C13H24O10. The fraction of sp³-hybridized carbons (Fsp3) is 0.846. The van der Waals surface area contributed by atoms with Crippen LogP contribution in [-0.4, -0.2) is 97.3 Å². The third-order valence-electron chi connectivity index (χ3n) is 3.08. The number of Topliss-reactive ketones (excluding diaryl/α,β-unsaturated/α-hetero) is 1. The lowest BCUT2D eigenvalue weighted by molar-refractivity contribution is -0.180. The largest absolute Gasteiger partial charge is 0.449 e. The highest BCUT2D eigenvalue weighted by atomic mass is 16.6. The van der Waals surface area contributed by atoms with E-state index in [1.54, 1.807) is 0 Å². The molecule has 0 aliphatic heterocycles. The molecule has 23 heavy (non-hydrogen) atoms. The summed E-state index contributed by atoms with van der Waals surface area (Å²) < 4.78 is 4.59. The highest BCUT2D eigenvalue weighted by Gasteiger charge is 2.37. The summed E-state index contributed by atoms with van der Waals surface area (Å²) in [6.45, 7) is 0.0924. The van der Waals surface area contributed by atoms with Crippen LogP contribution in [0.2, 0.25) is 0 Å². The van der Waals surface area contributed by atoms with Crippen LogP contribution in [-0.2, 0) is 14.3 Å². The Balaban J connectivity index is 4.88. The van der Waals surface area contributed by atoms with Gasteiger partial charge in [-0.3, -0.25) is 4.79 Å². The summed E-state index contributed by atoms with van der Waals surface area (Å²) in [5.41, 5.74) is 0. The molecule has 7 N–H and O–H groups in total. The van der Waals surface area contributed by atoms with Crippen molar-refractivity contribution in [1.29, 1.82) is 0 Å². The number of aliphatic hydroxyl groups is 7. The molecule has 0 saturated carbocycles. The Bertz CT molecular complexity index is 372. The van der Waals surface area contributed by atoms with Gasteiger partial charge in [0, 0.05) is 19.6 Å². The van der Waals surface area contributed by atoms with E-state index in [2.05, 4.69) is 4.74 Å². The number of ether oxygens (including phenoxy) is 1. The SMILES string of the molecule is CC(O)C(OC(=O)C(O)C(O)C(O)CCO)C(=O)C(O)CCO. The van der Waals surface area contributed by atoms with Crippen molar-refractivity contribution in [2.45, 2.75) is 56.4 Å². The Kier molecular flexibility index (Phi) is 10.1. The molecule has 0 spiro atoms. The zero-order chi connectivity index (χ0) is 18.2. The third-order valence-corrected chi connectivity index (χ3v) is 3.08. The molecule has 10 nitrogen and oxygen atoms in total. The Morgan fingerprint density at radius 2 is 1.48 bits per heavy atom. The van der Waals surface area contributed by atoms with Gasteiger partial charge < -0.3 is 40.5 Å². The number of aliphatic hydroxyl groups excluding tert-OH is 7. The van der Waals surface area contributed by atoms with E-state index in [1.807, 2.05) is 0 Å². The minimum Gasteiger partial charge on any atom is -0.449 e.